The van der Waals surface area contributed by atoms with E-state index in [9.17, 15) is 9.90 Å². The molecule has 0 bridgehead atoms. The van der Waals surface area contributed by atoms with Gasteiger partial charge in [-0.3, -0.25) is 0 Å². The highest BCUT2D eigenvalue weighted by Crippen LogP contribution is 2.23. The van der Waals surface area contributed by atoms with Crippen LogP contribution in [0.4, 0.5) is 0 Å². The highest BCUT2D eigenvalue weighted by Gasteiger charge is 2.09. The maximum atomic E-state index is 11.7. The van der Waals surface area contributed by atoms with Crippen molar-refractivity contribution in [2.45, 2.75) is 0 Å². The number of phenols is 1. The fourth-order valence-electron chi connectivity index (χ4n) is 1.40. The minimum Gasteiger partial charge on any atom is -0.508 e. The fourth-order valence-corrected chi connectivity index (χ4v) is 1.40. The molecule has 3 heteroatoms. The summed E-state index contributed by atoms with van der Waals surface area (Å²) < 4.78 is 5.17. The van der Waals surface area contributed by atoms with Gasteiger partial charge < -0.3 is 9.84 Å². The summed E-state index contributed by atoms with van der Waals surface area (Å²) in [5, 5.41) is 9.21. The van der Waals surface area contributed by atoms with Gasteiger partial charge in [-0.1, -0.05) is 18.2 Å². The van der Waals surface area contributed by atoms with Crippen LogP contribution in [-0.4, -0.2) is 11.1 Å². The normalized spacial score (nSPS) is 9.94. The molecule has 0 atom stereocenters. The topological polar surface area (TPSA) is 46.5 Å². The second-order valence-corrected chi connectivity index (χ2v) is 3.55. The summed E-state index contributed by atoms with van der Waals surface area (Å²) in [5.74, 6) is -0.00708. The first-order valence-electron chi connectivity index (χ1n) is 5.09. The van der Waals surface area contributed by atoms with Crippen molar-refractivity contribution in [1.29, 1.82) is 0 Å². The summed E-state index contributed by atoms with van der Waals surface area (Å²) in [4.78, 5) is 11.7. The molecule has 2 aromatic carbocycles. The van der Waals surface area contributed by atoms with Gasteiger partial charge in [0.15, 0.2) is 0 Å². The lowest BCUT2D eigenvalue weighted by molar-refractivity contribution is 0.0734. The van der Waals surface area contributed by atoms with Crippen LogP contribution < -0.4 is 4.74 Å². The Hall–Kier alpha value is -2.29. The minimum absolute atomic E-state index is 0.0921. The minimum atomic E-state index is -0.443. The van der Waals surface area contributed by atoms with E-state index in [4.69, 9.17) is 4.74 Å². The molecule has 3 nitrogen and oxygen atoms in total. The van der Waals surface area contributed by atoms with Gasteiger partial charge >= 0.3 is 5.97 Å². The Morgan fingerprint density at radius 2 is 1.82 bits per heavy atom. The molecular weight excluding hydrogens is 216 g/mol. The lowest BCUT2D eigenvalue weighted by Crippen LogP contribution is -2.08. The average molecular weight is 227 g/mol. The first-order chi connectivity index (χ1) is 8.16. The molecule has 2 aromatic rings. The smallest absolute Gasteiger partial charge is 0.343 e. The van der Waals surface area contributed by atoms with Crippen LogP contribution in [0.25, 0.3) is 0 Å². The van der Waals surface area contributed by atoms with E-state index in [1.807, 2.05) is 6.07 Å². The van der Waals surface area contributed by atoms with Crippen molar-refractivity contribution in [2.24, 2.45) is 0 Å². The van der Waals surface area contributed by atoms with Gasteiger partial charge in [-0.05, 0) is 42.8 Å². The van der Waals surface area contributed by atoms with E-state index in [-0.39, 0.29) is 5.75 Å². The number of esters is 1. The average Bonchev–Trinajstić information content (AvgIpc) is 2.34. The summed E-state index contributed by atoms with van der Waals surface area (Å²) >= 11 is 0. The highest BCUT2D eigenvalue weighted by molar-refractivity contribution is 5.91. The number of hydrogen-bond donors (Lipinski definition) is 1. The molecule has 0 aromatic heterocycles. The molecule has 1 N–H and O–H groups in total. The van der Waals surface area contributed by atoms with Gasteiger partial charge in [0.25, 0.3) is 0 Å². The van der Waals surface area contributed by atoms with Crippen molar-refractivity contribution in [3.8, 4) is 11.5 Å². The van der Waals surface area contributed by atoms with Crippen LogP contribution in [0.1, 0.15) is 15.9 Å². The molecule has 0 aliphatic heterocycles. The number of benzene rings is 2. The second-order valence-electron chi connectivity index (χ2n) is 3.55. The third-order valence-corrected chi connectivity index (χ3v) is 2.26. The van der Waals surface area contributed by atoms with Gasteiger partial charge in [0.05, 0.1) is 5.56 Å². The predicted octanol–water partition coefficient (Wildman–Crippen LogP) is 2.79. The van der Waals surface area contributed by atoms with Crippen LogP contribution in [-0.2, 0) is 0 Å². The Morgan fingerprint density at radius 1 is 1.12 bits per heavy atom. The zero-order valence-electron chi connectivity index (χ0n) is 9.09. The predicted molar refractivity (Wildman–Crippen MR) is 64.0 cm³/mol. The van der Waals surface area contributed by atoms with Crippen molar-refractivity contribution in [3.05, 3.63) is 66.6 Å². The highest BCUT2D eigenvalue weighted by atomic mass is 16.5. The Morgan fingerprint density at radius 3 is 2.47 bits per heavy atom. The van der Waals surface area contributed by atoms with Gasteiger partial charge in [-0.15, -0.1) is 0 Å². The third-order valence-electron chi connectivity index (χ3n) is 2.26. The lowest BCUT2D eigenvalue weighted by Gasteiger charge is -2.07. The van der Waals surface area contributed by atoms with Gasteiger partial charge in [0.1, 0.15) is 11.5 Å². The Kier molecular flexibility index (Phi) is 3.10. The van der Waals surface area contributed by atoms with E-state index < -0.39 is 5.97 Å². The van der Waals surface area contributed by atoms with Crippen molar-refractivity contribution in [1.82, 2.24) is 0 Å². The number of rotatable bonds is 2. The summed E-state index contributed by atoms with van der Waals surface area (Å²) in [5.41, 5.74) is 0.939. The third kappa shape index (κ3) is 2.64. The van der Waals surface area contributed by atoms with Crippen LogP contribution in [0.2, 0.25) is 0 Å². The molecule has 0 aliphatic rings. The van der Waals surface area contributed by atoms with Crippen LogP contribution in [0.15, 0.2) is 48.5 Å². The summed E-state index contributed by atoms with van der Waals surface area (Å²) in [6, 6.07) is 13.1. The van der Waals surface area contributed by atoms with Gasteiger partial charge in [-0.25, -0.2) is 4.79 Å². The number of aromatic hydroxyl groups is 1. The largest absolute Gasteiger partial charge is 0.508 e. The lowest BCUT2D eigenvalue weighted by atomic mass is 10.2. The first kappa shape index (κ1) is 11.2. The molecule has 1 radical (unpaired) electrons. The molecular formula is C14H11O3. The van der Waals surface area contributed by atoms with E-state index in [2.05, 4.69) is 6.92 Å². The first-order valence-corrected chi connectivity index (χ1v) is 5.09. The van der Waals surface area contributed by atoms with Gasteiger partial charge in [0, 0.05) is 0 Å². The van der Waals surface area contributed by atoms with E-state index in [0.29, 0.717) is 16.9 Å². The Bertz CT molecular complexity index is 532. The van der Waals surface area contributed by atoms with E-state index >= 15 is 0 Å². The molecule has 2 rings (SSSR count). The molecule has 85 valence electrons. The molecule has 0 aliphatic carbocycles. The number of carbonyl (C=O) groups is 1. The molecule has 0 amide bonds. The maximum absolute atomic E-state index is 11.7. The van der Waals surface area contributed by atoms with Crippen LogP contribution in [0.3, 0.4) is 0 Å². The van der Waals surface area contributed by atoms with Crippen molar-refractivity contribution < 1.29 is 14.6 Å². The van der Waals surface area contributed by atoms with Gasteiger partial charge in [0.2, 0.25) is 0 Å². The zero-order valence-corrected chi connectivity index (χ0v) is 9.09. The molecule has 0 spiro atoms. The van der Waals surface area contributed by atoms with Crippen molar-refractivity contribution in [2.75, 3.05) is 0 Å². The number of hydrogen-bond acceptors (Lipinski definition) is 3. The Balaban J connectivity index is 2.19. The SMILES string of the molecule is [CH2]c1cc(O)ccc1OC(=O)c1ccccc1. The van der Waals surface area contributed by atoms with E-state index in [0.717, 1.165) is 0 Å². The number of ether oxygens (including phenoxy) is 1. The van der Waals surface area contributed by atoms with Crippen molar-refractivity contribution in [3.63, 3.8) is 0 Å². The zero-order chi connectivity index (χ0) is 12.3. The molecule has 0 fully saturated rings. The fraction of sp³-hybridized carbons (Fsp3) is 0. The van der Waals surface area contributed by atoms with E-state index in [1.165, 1.54) is 18.2 Å². The van der Waals surface area contributed by atoms with Crippen molar-refractivity contribution >= 4 is 5.97 Å². The second kappa shape index (κ2) is 4.70. The maximum Gasteiger partial charge on any atom is 0.343 e. The van der Waals surface area contributed by atoms with Crippen LogP contribution >= 0.6 is 0 Å². The standard InChI is InChI=1S/C14H11O3/c1-10-9-12(15)7-8-13(10)17-14(16)11-5-3-2-4-6-11/h2-9,15H,1H2. The van der Waals surface area contributed by atoms with Crippen LogP contribution in [0.5, 0.6) is 11.5 Å². The summed E-state index contributed by atoms with van der Waals surface area (Å²) in [6.07, 6.45) is 0. The molecule has 0 unspecified atom stereocenters. The summed E-state index contributed by atoms with van der Waals surface area (Å²) in [6.45, 7) is 3.69. The molecule has 17 heavy (non-hydrogen) atoms. The Labute approximate surface area is 99.3 Å². The van der Waals surface area contributed by atoms with E-state index in [1.54, 1.807) is 24.3 Å². The van der Waals surface area contributed by atoms with Crippen LogP contribution in [0, 0.1) is 6.92 Å². The summed E-state index contributed by atoms with van der Waals surface area (Å²) in [7, 11) is 0. The molecule has 0 saturated heterocycles. The number of phenolic OH excluding ortho intramolecular Hbond substituents is 1. The quantitative estimate of drug-likeness (QED) is 0.633. The number of carbonyl (C=O) groups excluding carboxylic acids is 1. The molecule has 0 saturated carbocycles. The molecule has 0 heterocycles. The monoisotopic (exact) mass is 227 g/mol. The van der Waals surface area contributed by atoms with Gasteiger partial charge in [-0.2, -0.15) is 0 Å².